The first-order valence-corrected chi connectivity index (χ1v) is 11.2. The van der Waals surface area contributed by atoms with Gasteiger partial charge in [-0.25, -0.2) is 13.9 Å². The first-order chi connectivity index (χ1) is 12.8. The highest BCUT2D eigenvalue weighted by Gasteiger charge is 2.44. The van der Waals surface area contributed by atoms with E-state index in [0.717, 1.165) is 0 Å². The SMILES string of the molecule is CC1(SCCNS(=O)C(C)(C)C)COc2c1cc(C(CN)C(F)(F)F)nc2Cl. The summed E-state index contributed by atoms with van der Waals surface area (Å²) in [5.41, 5.74) is 5.71. The van der Waals surface area contributed by atoms with Crippen LogP contribution in [0, 0.1) is 0 Å². The number of halogens is 4. The van der Waals surface area contributed by atoms with Gasteiger partial charge in [0.1, 0.15) is 12.5 Å². The van der Waals surface area contributed by atoms with E-state index in [1.54, 1.807) is 0 Å². The molecule has 3 atom stereocenters. The molecule has 0 saturated heterocycles. The molecule has 3 N–H and O–H groups in total. The molecule has 0 saturated carbocycles. The highest BCUT2D eigenvalue weighted by Crippen LogP contribution is 2.49. The fourth-order valence-corrected chi connectivity index (χ4v) is 4.89. The van der Waals surface area contributed by atoms with Gasteiger partial charge in [-0.1, -0.05) is 11.6 Å². The van der Waals surface area contributed by atoms with Gasteiger partial charge < -0.3 is 10.5 Å². The summed E-state index contributed by atoms with van der Waals surface area (Å²) in [6.45, 7) is 7.64. The lowest BCUT2D eigenvalue weighted by Crippen LogP contribution is -2.35. The molecule has 3 unspecified atom stereocenters. The maximum atomic E-state index is 13.3. The van der Waals surface area contributed by atoms with Crippen LogP contribution >= 0.6 is 23.4 Å². The Hall–Kier alpha value is -0.550. The number of rotatable bonds is 7. The van der Waals surface area contributed by atoms with E-state index in [9.17, 15) is 17.4 Å². The summed E-state index contributed by atoms with van der Waals surface area (Å²) >= 11 is 7.61. The van der Waals surface area contributed by atoms with Gasteiger partial charge in [0.15, 0.2) is 10.9 Å². The fraction of sp³-hybridized carbons (Fsp3) is 0.706. The standard InChI is InChI=1S/C17H25ClF3N3O2S2/c1-15(2,3)28(25)23-5-6-27-16(4)9-26-13-10(16)7-12(24-14(13)18)11(8-22)17(19,20)21/h7,11,23H,5-6,8-9,22H2,1-4H3. The lowest BCUT2D eigenvalue weighted by atomic mass is 9.97. The summed E-state index contributed by atoms with van der Waals surface area (Å²) in [4.78, 5) is 3.87. The molecule has 11 heteroatoms. The van der Waals surface area contributed by atoms with Gasteiger partial charge in [0.05, 0.1) is 26.2 Å². The van der Waals surface area contributed by atoms with E-state index in [1.807, 2.05) is 27.7 Å². The summed E-state index contributed by atoms with van der Waals surface area (Å²) in [7, 11) is -1.19. The number of hydrogen-bond acceptors (Lipinski definition) is 5. The van der Waals surface area contributed by atoms with E-state index >= 15 is 0 Å². The zero-order valence-electron chi connectivity index (χ0n) is 16.2. The molecule has 0 amide bonds. The maximum absolute atomic E-state index is 13.3. The summed E-state index contributed by atoms with van der Waals surface area (Å²) in [6.07, 6.45) is -4.51. The molecule has 1 aromatic rings. The molecular weight excluding hydrogens is 435 g/mol. The van der Waals surface area contributed by atoms with Gasteiger partial charge in [-0.2, -0.15) is 13.2 Å². The van der Waals surface area contributed by atoms with Crippen molar-refractivity contribution in [3.05, 3.63) is 22.5 Å². The fourth-order valence-electron chi connectivity index (χ4n) is 2.69. The zero-order chi connectivity index (χ0) is 21.3. The number of ether oxygens (including phenoxy) is 1. The molecule has 1 aliphatic heterocycles. The first kappa shape index (κ1) is 23.7. The Morgan fingerprint density at radius 2 is 2.11 bits per heavy atom. The Morgan fingerprint density at radius 3 is 2.64 bits per heavy atom. The van der Waals surface area contributed by atoms with Crippen molar-refractivity contribution in [2.45, 2.75) is 49.3 Å². The number of alkyl halides is 3. The molecule has 1 aromatic heterocycles. The van der Waals surface area contributed by atoms with Crippen LogP contribution in [0.4, 0.5) is 13.2 Å². The molecule has 0 bridgehead atoms. The largest absolute Gasteiger partial charge is 0.488 e. The molecule has 1 aliphatic rings. The Kier molecular flexibility index (Phi) is 7.35. The van der Waals surface area contributed by atoms with Crippen LogP contribution in [0.3, 0.4) is 0 Å². The molecule has 0 spiro atoms. The van der Waals surface area contributed by atoms with E-state index < -0.39 is 34.4 Å². The lowest BCUT2D eigenvalue weighted by Gasteiger charge is -2.24. The Balaban J connectivity index is 2.17. The first-order valence-electron chi connectivity index (χ1n) is 8.69. The third-order valence-electron chi connectivity index (χ3n) is 4.31. The monoisotopic (exact) mass is 459 g/mol. The number of fused-ring (bicyclic) bond motifs is 1. The van der Waals surface area contributed by atoms with Crippen LogP contribution in [0.15, 0.2) is 6.07 Å². The van der Waals surface area contributed by atoms with Crippen molar-refractivity contribution in [2.75, 3.05) is 25.4 Å². The van der Waals surface area contributed by atoms with Gasteiger partial charge in [0.2, 0.25) is 0 Å². The number of nitrogens with one attached hydrogen (secondary N) is 1. The van der Waals surface area contributed by atoms with Crippen LogP contribution in [0.1, 0.15) is 44.9 Å². The summed E-state index contributed by atoms with van der Waals surface area (Å²) in [5, 5.41) is -0.0912. The third-order valence-corrected chi connectivity index (χ3v) is 7.53. The molecule has 0 radical (unpaired) electrons. The Labute approximate surface area is 174 Å². The normalized spacial score (nSPS) is 21.9. The molecule has 2 heterocycles. The second-order valence-corrected chi connectivity index (χ2v) is 11.7. The quantitative estimate of drug-likeness (QED) is 0.480. The molecular formula is C17H25ClF3N3O2S2. The van der Waals surface area contributed by atoms with Crippen molar-refractivity contribution in [3.63, 3.8) is 0 Å². The topological polar surface area (TPSA) is 77.2 Å². The number of hydrogen-bond donors (Lipinski definition) is 2. The minimum Gasteiger partial charge on any atom is -0.488 e. The van der Waals surface area contributed by atoms with Crippen LogP contribution in [0.25, 0.3) is 0 Å². The second kappa shape index (κ2) is 8.67. The number of nitrogens with zero attached hydrogens (tertiary/aromatic N) is 1. The van der Waals surface area contributed by atoms with E-state index in [1.165, 1.54) is 17.8 Å². The van der Waals surface area contributed by atoms with Crippen molar-refractivity contribution in [3.8, 4) is 5.75 Å². The van der Waals surface area contributed by atoms with Gasteiger partial charge in [-0.05, 0) is 33.8 Å². The second-order valence-electron chi connectivity index (χ2n) is 7.69. The van der Waals surface area contributed by atoms with E-state index in [-0.39, 0.29) is 22.2 Å². The molecule has 0 aromatic carbocycles. The van der Waals surface area contributed by atoms with Crippen molar-refractivity contribution in [1.29, 1.82) is 0 Å². The third kappa shape index (κ3) is 5.33. The summed E-state index contributed by atoms with van der Waals surface area (Å²) in [5.74, 6) is -0.985. The Bertz CT molecular complexity index is 744. The predicted molar refractivity (Wildman–Crippen MR) is 108 cm³/mol. The van der Waals surface area contributed by atoms with Crippen LogP contribution in [0.2, 0.25) is 5.15 Å². The molecule has 5 nitrogen and oxygen atoms in total. The molecule has 0 aliphatic carbocycles. The van der Waals surface area contributed by atoms with E-state index in [0.29, 0.717) is 23.6 Å². The molecule has 0 fully saturated rings. The van der Waals surface area contributed by atoms with Gasteiger partial charge in [-0.3, -0.25) is 0 Å². The number of thioether (sulfide) groups is 1. The lowest BCUT2D eigenvalue weighted by molar-refractivity contribution is -0.148. The van der Waals surface area contributed by atoms with Gasteiger partial charge >= 0.3 is 6.18 Å². The number of pyridine rings is 1. The van der Waals surface area contributed by atoms with Crippen LogP contribution in [0.5, 0.6) is 5.75 Å². The van der Waals surface area contributed by atoms with Crippen LogP contribution in [-0.4, -0.2) is 45.6 Å². The van der Waals surface area contributed by atoms with Crippen molar-refractivity contribution >= 4 is 34.3 Å². The highest BCUT2D eigenvalue weighted by atomic mass is 35.5. The summed E-state index contributed by atoms with van der Waals surface area (Å²) < 4.78 is 59.5. The van der Waals surface area contributed by atoms with Crippen molar-refractivity contribution in [1.82, 2.24) is 9.71 Å². The predicted octanol–water partition coefficient (Wildman–Crippen LogP) is 3.73. The van der Waals surface area contributed by atoms with Crippen molar-refractivity contribution < 1.29 is 22.1 Å². The molecule has 28 heavy (non-hydrogen) atoms. The molecule has 160 valence electrons. The number of nitrogens with two attached hydrogens (primary N) is 1. The minimum atomic E-state index is -4.51. The van der Waals surface area contributed by atoms with Gasteiger partial charge in [0, 0.05) is 24.4 Å². The average molecular weight is 460 g/mol. The van der Waals surface area contributed by atoms with Crippen LogP contribution < -0.4 is 15.2 Å². The van der Waals surface area contributed by atoms with E-state index in [2.05, 4.69) is 9.71 Å². The maximum Gasteiger partial charge on any atom is 0.398 e. The number of aromatic nitrogens is 1. The minimum absolute atomic E-state index is 0.0912. The highest BCUT2D eigenvalue weighted by molar-refractivity contribution is 8.00. The summed E-state index contributed by atoms with van der Waals surface area (Å²) in [6, 6.07) is 1.40. The average Bonchev–Trinajstić information content (AvgIpc) is 2.88. The van der Waals surface area contributed by atoms with Gasteiger partial charge in [-0.15, -0.1) is 11.8 Å². The van der Waals surface area contributed by atoms with Crippen LogP contribution in [-0.2, 0) is 15.7 Å². The van der Waals surface area contributed by atoms with Crippen molar-refractivity contribution in [2.24, 2.45) is 5.73 Å². The van der Waals surface area contributed by atoms with Gasteiger partial charge in [0.25, 0.3) is 0 Å². The smallest absolute Gasteiger partial charge is 0.398 e. The Morgan fingerprint density at radius 1 is 1.46 bits per heavy atom. The molecule has 2 rings (SSSR count). The van der Waals surface area contributed by atoms with E-state index in [4.69, 9.17) is 22.1 Å². The zero-order valence-corrected chi connectivity index (χ0v) is 18.5.